The first-order chi connectivity index (χ1) is 8.86. The smallest absolute Gasteiger partial charge is 0.143 e. The standard InChI is InChI=1S/C17H25NO/c1-13(19)11-18-9-8-15(12-18)14-6-5-7-16(10-14)17(2,3)4/h5-7,10,15H,8-9,11-12H2,1-4H3. The minimum Gasteiger partial charge on any atom is -0.299 e. The van der Waals surface area contributed by atoms with Gasteiger partial charge in [0, 0.05) is 6.54 Å². The molecule has 0 aliphatic carbocycles. The van der Waals surface area contributed by atoms with Crippen molar-refractivity contribution in [3.05, 3.63) is 35.4 Å². The maximum Gasteiger partial charge on any atom is 0.143 e. The van der Waals surface area contributed by atoms with Gasteiger partial charge in [-0.1, -0.05) is 45.0 Å². The second-order valence-corrected chi connectivity index (χ2v) is 6.80. The molecule has 1 saturated heterocycles. The van der Waals surface area contributed by atoms with Crippen LogP contribution in [0.5, 0.6) is 0 Å². The Bertz CT molecular complexity index is 459. The first-order valence-corrected chi connectivity index (χ1v) is 7.18. The lowest BCUT2D eigenvalue weighted by Crippen LogP contribution is -2.26. The molecule has 0 N–H and O–H groups in total. The molecule has 1 unspecified atom stereocenters. The van der Waals surface area contributed by atoms with Gasteiger partial charge in [0.05, 0.1) is 6.54 Å². The van der Waals surface area contributed by atoms with Crippen molar-refractivity contribution in [3.63, 3.8) is 0 Å². The van der Waals surface area contributed by atoms with Crippen LogP contribution >= 0.6 is 0 Å². The van der Waals surface area contributed by atoms with E-state index in [0.717, 1.165) is 13.1 Å². The predicted molar refractivity (Wildman–Crippen MR) is 79.6 cm³/mol. The van der Waals surface area contributed by atoms with Gasteiger partial charge in [-0.15, -0.1) is 0 Å². The van der Waals surface area contributed by atoms with Crippen LogP contribution in [0.3, 0.4) is 0 Å². The summed E-state index contributed by atoms with van der Waals surface area (Å²) in [5, 5.41) is 0. The summed E-state index contributed by atoms with van der Waals surface area (Å²) in [5.41, 5.74) is 3.03. The van der Waals surface area contributed by atoms with Crippen molar-refractivity contribution in [2.75, 3.05) is 19.6 Å². The summed E-state index contributed by atoms with van der Waals surface area (Å²) >= 11 is 0. The first-order valence-electron chi connectivity index (χ1n) is 7.18. The number of carbonyl (C=O) groups is 1. The van der Waals surface area contributed by atoms with E-state index >= 15 is 0 Å². The second-order valence-electron chi connectivity index (χ2n) is 6.80. The number of hydrogen-bond donors (Lipinski definition) is 0. The van der Waals surface area contributed by atoms with E-state index in [-0.39, 0.29) is 11.2 Å². The lowest BCUT2D eigenvalue weighted by Gasteiger charge is -2.21. The highest BCUT2D eigenvalue weighted by Crippen LogP contribution is 2.30. The number of Topliss-reactive ketones (excluding diaryl/α,β-unsaturated/α-hetero) is 1. The molecule has 0 amide bonds. The van der Waals surface area contributed by atoms with Gasteiger partial charge in [-0.05, 0) is 42.3 Å². The van der Waals surface area contributed by atoms with Crippen molar-refractivity contribution >= 4 is 5.78 Å². The minimum absolute atomic E-state index is 0.202. The molecule has 0 bridgehead atoms. The molecule has 0 spiro atoms. The molecule has 1 aromatic rings. The Hall–Kier alpha value is -1.15. The maximum atomic E-state index is 11.2. The van der Waals surface area contributed by atoms with Crippen molar-refractivity contribution < 1.29 is 4.79 Å². The molecule has 1 aliphatic heterocycles. The highest BCUT2D eigenvalue weighted by molar-refractivity contribution is 5.77. The van der Waals surface area contributed by atoms with Gasteiger partial charge in [0.25, 0.3) is 0 Å². The molecule has 2 rings (SSSR count). The summed E-state index contributed by atoms with van der Waals surface area (Å²) in [6.45, 7) is 11.1. The zero-order chi connectivity index (χ0) is 14.0. The average molecular weight is 259 g/mol. The molecule has 1 aliphatic rings. The third-order valence-corrected chi connectivity index (χ3v) is 3.94. The number of carbonyl (C=O) groups excluding carboxylic acids is 1. The molecule has 19 heavy (non-hydrogen) atoms. The quantitative estimate of drug-likeness (QED) is 0.829. The van der Waals surface area contributed by atoms with Crippen molar-refractivity contribution in [1.29, 1.82) is 0 Å². The highest BCUT2D eigenvalue weighted by Gasteiger charge is 2.25. The van der Waals surface area contributed by atoms with Crippen LogP contribution < -0.4 is 0 Å². The van der Waals surface area contributed by atoms with E-state index in [0.29, 0.717) is 12.5 Å². The normalized spacial score (nSPS) is 20.7. The molecule has 0 radical (unpaired) electrons. The molecule has 2 nitrogen and oxygen atoms in total. The minimum atomic E-state index is 0.202. The van der Waals surface area contributed by atoms with Crippen LogP contribution in [-0.4, -0.2) is 30.3 Å². The van der Waals surface area contributed by atoms with E-state index < -0.39 is 0 Å². The van der Waals surface area contributed by atoms with Crippen molar-refractivity contribution in [2.24, 2.45) is 0 Å². The summed E-state index contributed by atoms with van der Waals surface area (Å²) in [6.07, 6.45) is 1.17. The number of nitrogens with zero attached hydrogens (tertiary/aromatic N) is 1. The molecule has 1 aromatic carbocycles. The fraction of sp³-hybridized carbons (Fsp3) is 0.588. The number of ketones is 1. The lowest BCUT2D eigenvalue weighted by molar-refractivity contribution is -0.117. The summed E-state index contributed by atoms with van der Waals surface area (Å²) in [7, 11) is 0. The molecule has 0 aromatic heterocycles. The van der Waals surface area contributed by atoms with E-state index in [1.807, 2.05) is 0 Å². The van der Waals surface area contributed by atoms with Crippen LogP contribution in [0.4, 0.5) is 0 Å². The van der Waals surface area contributed by atoms with Crippen LogP contribution in [0.1, 0.15) is 51.2 Å². The molecule has 1 heterocycles. The maximum absolute atomic E-state index is 11.2. The Morgan fingerprint density at radius 2 is 2.11 bits per heavy atom. The van der Waals surface area contributed by atoms with Gasteiger partial charge in [-0.2, -0.15) is 0 Å². The SMILES string of the molecule is CC(=O)CN1CCC(c2cccc(C(C)(C)C)c2)C1. The molecule has 104 valence electrons. The Morgan fingerprint density at radius 1 is 1.37 bits per heavy atom. The Balaban J connectivity index is 2.09. The van der Waals surface area contributed by atoms with Crippen molar-refractivity contribution in [2.45, 2.75) is 45.4 Å². The lowest BCUT2D eigenvalue weighted by atomic mass is 9.84. The largest absolute Gasteiger partial charge is 0.299 e. The van der Waals surface area contributed by atoms with Gasteiger partial charge < -0.3 is 0 Å². The van der Waals surface area contributed by atoms with Gasteiger partial charge in [0.15, 0.2) is 0 Å². The van der Waals surface area contributed by atoms with Crippen LogP contribution in [0.25, 0.3) is 0 Å². The molecule has 1 atom stereocenters. The van der Waals surface area contributed by atoms with Crippen LogP contribution in [-0.2, 0) is 10.2 Å². The predicted octanol–water partition coefficient (Wildman–Crippen LogP) is 3.36. The summed E-state index contributed by atoms with van der Waals surface area (Å²) in [5.74, 6) is 0.853. The van der Waals surface area contributed by atoms with E-state index in [9.17, 15) is 4.79 Å². The van der Waals surface area contributed by atoms with E-state index in [1.54, 1.807) is 6.92 Å². The van der Waals surface area contributed by atoms with Crippen LogP contribution in [0.2, 0.25) is 0 Å². The van der Waals surface area contributed by atoms with Crippen LogP contribution in [0.15, 0.2) is 24.3 Å². The molecular weight excluding hydrogens is 234 g/mol. The number of likely N-dealkylation sites (tertiary alicyclic amines) is 1. The van der Waals surface area contributed by atoms with Gasteiger partial charge >= 0.3 is 0 Å². The third-order valence-electron chi connectivity index (χ3n) is 3.94. The molecular formula is C17H25NO. The Morgan fingerprint density at radius 3 is 2.74 bits per heavy atom. The average Bonchev–Trinajstić information content (AvgIpc) is 2.76. The van der Waals surface area contributed by atoms with Crippen molar-refractivity contribution in [1.82, 2.24) is 4.90 Å². The first kappa shape index (κ1) is 14.3. The Labute approximate surface area is 116 Å². The van der Waals surface area contributed by atoms with E-state index in [4.69, 9.17) is 0 Å². The third kappa shape index (κ3) is 3.66. The number of benzene rings is 1. The fourth-order valence-corrected chi connectivity index (χ4v) is 2.82. The van der Waals surface area contributed by atoms with Gasteiger partial charge in [-0.3, -0.25) is 9.69 Å². The molecule has 0 saturated carbocycles. The summed E-state index contributed by atoms with van der Waals surface area (Å²) < 4.78 is 0. The van der Waals surface area contributed by atoms with Gasteiger partial charge in [-0.25, -0.2) is 0 Å². The fourth-order valence-electron chi connectivity index (χ4n) is 2.82. The Kier molecular flexibility index (Phi) is 4.10. The zero-order valence-electron chi connectivity index (χ0n) is 12.6. The summed E-state index contributed by atoms with van der Waals surface area (Å²) in [6, 6.07) is 8.97. The van der Waals surface area contributed by atoms with E-state index in [2.05, 4.69) is 49.9 Å². The number of rotatable bonds is 3. The summed E-state index contributed by atoms with van der Waals surface area (Å²) in [4.78, 5) is 13.5. The zero-order valence-corrected chi connectivity index (χ0v) is 12.6. The molecule has 1 fully saturated rings. The van der Waals surface area contributed by atoms with Crippen molar-refractivity contribution in [3.8, 4) is 0 Å². The molecule has 2 heteroatoms. The highest BCUT2D eigenvalue weighted by atomic mass is 16.1. The number of hydrogen-bond acceptors (Lipinski definition) is 2. The van der Waals surface area contributed by atoms with Gasteiger partial charge in [0.1, 0.15) is 5.78 Å². The van der Waals surface area contributed by atoms with Gasteiger partial charge in [0.2, 0.25) is 0 Å². The van der Waals surface area contributed by atoms with E-state index in [1.165, 1.54) is 17.5 Å². The topological polar surface area (TPSA) is 20.3 Å². The van der Waals surface area contributed by atoms with Crippen LogP contribution in [0, 0.1) is 0 Å². The second kappa shape index (κ2) is 5.46. The monoisotopic (exact) mass is 259 g/mol.